The van der Waals surface area contributed by atoms with Crippen LogP contribution in [0.4, 0.5) is 15.2 Å². The molecule has 0 aliphatic heterocycles. The van der Waals surface area contributed by atoms with Gasteiger partial charge in [0.25, 0.3) is 5.69 Å². The predicted octanol–water partition coefficient (Wildman–Crippen LogP) is 1.76. The van der Waals surface area contributed by atoms with E-state index in [1.807, 2.05) is 0 Å². The van der Waals surface area contributed by atoms with Gasteiger partial charge in [-0.15, -0.1) is 10.2 Å². The van der Waals surface area contributed by atoms with Crippen LogP contribution in [0.5, 0.6) is 5.75 Å². The highest BCUT2D eigenvalue weighted by Crippen LogP contribution is 2.28. The molecule has 0 aliphatic carbocycles. The second kappa shape index (κ2) is 5.75. The molecule has 2 rings (SSSR count). The van der Waals surface area contributed by atoms with Crippen molar-refractivity contribution in [3.8, 4) is 5.75 Å². The molecule has 0 saturated heterocycles. The topological polar surface area (TPSA) is 116 Å². The molecular weight excluding hydrogens is 289 g/mol. The van der Waals surface area contributed by atoms with Gasteiger partial charge in [0.15, 0.2) is 16.6 Å². The first-order chi connectivity index (χ1) is 9.51. The number of nitrogens with one attached hydrogen (secondary N) is 1. The monoisotopic (exact) mass is 299 g/mol. The van der Waals surface area contributed by atoms with Gasteiger partial charge in [0.05, 0.1) is 11.0 Å². The summed E-state index contributed by atoms with van der Waals surface area (Å²) in [5, 5.41) is 19.0. The number of nitro benzene ring substituents is 1. The van der Waals surface area contributed by atoms with Crippen molar-refractivity contribution in [2.75, 3.05) is 5.43 Å². The Morgan fingerprint density at radius 1 is 1.55 bits per heavy atom. The maximum absolute atomic E-state index is 13.7. The highest BCUT2D eigenvalue weighted by molar-refractivity contribution is 7.15. The van der Waals surface area contributed by atoms with Gasteiger partial charge in [-0.2, -0.15) is 0 Å². The van der Waals surface area contributed by atoms with E-state index in [0.29, 0.717) is 15.7 Å². The first kappa shape index (κ1) is 14.1. The van der Waals surface area contributed by atoms with Crippen LogP contribution in [0.15, 0.2) is 12.1 Å². The van der Waals surface area contributed by atoms with Crippen LogP contribution in [-0.2, 0) is 6.61 Å². The molecule has 0 bridgehead atoms. The number of nitrogens with zero attached hydrogens (tertiary/aromatic N) is 3. The van der Waals surface area contributed by atoms with Crippen molar-refractivity contribution in [2.45, 2.75) is 13.5 Å². The van der Waals surface area contributed by atoms with Crippen molar-refractivity contribution >= 4 is 22.2 Å². The molecule has 20 heavy (non-hydrogen) atoms. The molecule has 2 aromatic rings. The normalized spacial score (nSPS) is 10.3. The number of halogens is 1. The van der Waals surface area contributed by atoms with Gasteiger partial charge in [0.1, 0.15) is 6.61 Å². The Morgan fingerprint density at radius 3 is 2.90 bits per heavy atom. The number of ether oxygens (including phenoxy) is 1. The molecular formula is C10H10FN5O3S. The smallest absolute Gasteiger partial charge is 0.275 e. The van der Waals surface area contributed by atoms with Crippen LogP contribution >= 0.6 is 11.3 Å². The number of aryl methyl sites for hydroxylation is 1. The number of hydrogen-bond acceptors (Lipinski definition) is 8. The molecule has 0 unspecified atom stereocenters. The highest BCUT2D eigenvalue weighted by atomic mass is 32.1. The van der Waals surface area contributed by atoms with Gasteiger partial charge < -0.3 is 4.74 Å². The van der Waals surface area contributed by atoms with E-state index in [9.17, 15) is 14.5 Å². The summed E-state index contributed by atoms with van der Waals surface area (Å²) in [5.41, 5.74) is 2.35. The van der Waals surface area contributed by atoms with E-state index in [4.69, 9.17) is 10.6 Å². The third-order valence-corrected chi connectivity index (χ3v) is 3.22. The number of anilines is 1. The maximum Gasteiger partial charge on any atom is 0.275 e. The van der Waals surface area contributed by atoms with E-state index in [2.05, 4.69) is 15.6 Å². The standard InChI is InChI=1S/C10H10FN5O3S/c1-5-2-8(6(11)3-7(5)16(17)18)19-4-9-14-15-10(13-12)20-9/h2-3H,4,12H2,1H3,(H,13,15). The van der Waals surface area contributed by atoms with Crippen LogP contribution in [-0.4, -0.2) is 15.1 Å². The third-order valence-electron chi connectivity index (χ3n) is 2.39. The SMILES string of the molecule is Cc1cc(OCc2nnc(NN)s2)c(F)cc1[N+](=O)[O-]. The fourth-order valence-electron chi connectivity index (χ4n) is 1.46. The lowest BCUT2D eigenvalue weighted by molar-refractivity contribution is -0.385. The Bertz CT molecular complexity index is 648. The van der Waals surface area contributed by atoms with Crippen LogP contribution < -0.4 is 16.0 Å². The Balaban J connectivity index is 2.13. The van der Waals surface area contributed by atoms with Crippen LogP contribution in [0.2, 0.25) is 0 Å². The number of rotatable bonds is 5. The van der Waals surface area contributed by atoms with Crippen LogP contribution in [0.25, 0.3) is 0 Å². The van der Waals surface area contributed by atoms with E-state index < -0.39 is 10.7 Å². The van der Waals surface area contributed by atoms with E-state index >= 15 is 0 Å². The molecule has 0 saturated carbocycles. The predicted molar refractivity (Wildman–Crippen MR) is 69.8 cm³/mol. The third kappa shape index (κ3) is 2.97. The van der Waals surface area contributed by atoms with Gasteiger partial charge >= 0.3 is 0 Å². The molecule has 106 valence electrons. The molecule has 0 spiro atoms. The fraction of sp³-hybridized carbons (Fsp3) is 0.200. The van der Waals surface area contributed by atoms with Gasteiger partial charge in [-0.1, -0.05) is 11.3 Å². The zero-order chi connectivity index (χ0) is 14.7. The summed E-state index contributed by atoms with van der Waals surface area (Å²) >= 11 is 1.16. The number of nitrogens with two attached hydrogens (primary N) is 1. The molecule has 0 atom stereocenters. The van der Waals surface area contributed by atoms with Crippen LogP contribution in [0.1, 0.15) is 10.6 Å². The van der Waals surface area contributed by atoms with Gasteiger partial charge in [-0.05, 0) is 13.0 Å². The molecule has 1 aromatic heterocycles. The van der Waals surface area contributed by atoms with Gasteiger partial charge in [-0.3, -0.25) is 15.5 Å². The van der Waals surface area contributed by atoms with Crippen molar-refractivity contribution in [3.63, 3.8) is 0 Å². The number of benzene rings is 1. The molecule has 0 aliphatic rings. The number of nitrogen functional groups attached to an aromatic ring is 1. The van der Waals surface area contributed by atoms with Gasteiger partial charge in [-0.25, -0.2) is 10.2 Å². The molecule has 1 aromatic carbocycles. The minimum atomic E-state index is -0.802. The fourth-order valence-corrected chi connectivity index (χ4v) is 2.02. The van der Waals surface area contributed by atoms with Gasteiger partial charge in [0, 0.05) is 5.56 Å². The number of hydrogen-bond donors (Lipinski definition) is 2. The van der Waals surface area contributed by atoms with Crippen molar-refractivity contribution in [3.05, 3.63) is 38.6 Å². The lowest BCUT2D eigenvalue weighted by Gasteiger charge is -2.06. The van der Waals surface area contributed by atoms with Crippen LogP contribution in [0.3, 0.4) is 0 Å². The average molecular weight is 299 g/mol. The first-order valence-electron chi connectivity index (χ1n) is 5.37. The molecule has 3 N–H and O–H groups in total. The Kier molecular flexibility index (Phi) is 4.05. The molecule has 0 fully saturated rings. The second-order valence-corrected chi connectivity index (χ2v) is 4.82. The zero-order valence-electron chi connectivity index (χ0n) is 10.3. The summed E-state index contributed by atoms with van der Waals surface area (Å²) in [6.07, 6.45) is 0. The van der Waals surface area contributed by atoms with Crippen molar-refractivity contribution in [1.82, 2.24) is 10.2 Å². The summed E-state index contributed by atoms with van der Waals surface area (Å²) in [7, 11) is 0. The Hall–Kier alpha value is -2.33. The number of nitro groups is 1. The summed E-state index contributed by atoms with van der Waals surface area (Å²) < 4.78 is 18.9. The zero-order valence-corrected chi connectivity index (χ0v) is 11.1. The van der Waals surface area contributed by atoms with Crippen LogP contribution in [0, 0.1) is 22.9 Å². The largest absolute Gasteiger partial charge is 0.483 e. The van der Waals surface area contributed by atoms with E-state index in [-0.39, 0.29) is 18.0 Å². The summed E-state index contributed by atoms with van der Waals surface area (Å²) in [6.45, 7) is 1.50. The quantitative estimate of drug-likeness (QED) is 0.491. The Labute approximate surface area is 116 Å². The Morgan fingerprint density at radius 2 is 2.30 bits per heavy atom. The van der Waals surface area contributed by atoms with E-state index in [1.54, 1.807) is 0 Å². The summed E-state index contributed by atoms with van der Waals surface area (Å²) in [4.78, 5) is 10.0. The highest BCUT2D eigenvalue weighted by Gasteiger charge is 2.16. The maximum atomic E-state index is 13.7. The van der Waals surface area contributed by atoms with Gasteiger partial charge in [0.2, 0.25) is 5.13 Å². The minimum Gasteiger partial charge on any atom is -0.483 e. The average Bonchev–Trinajstić information content (AvgIpc) is 2.87. The molecule has 0 radical (unpaired) electrons. The minimum absolute atomic E-state index is 0.00643. The number of aromatic nitrogens is 2. The first-order valence-corrected chi connectivity index (χ1v) is 6.19. The molecule has 1 heterocycles. The lowest BCUT2D eigenvalue weighted by Crippen LogP contribution is -2.05. The van der Waals surface area contributed by atoms with Crippen molar-refractivity contribution in [1.29, 1.82) is 0 Å². The van der Waals surface area contributed by atoms with E-state index in [1.165, 1.54) is 13.0 Å². The molecule has 0 amide bonds. The second-order valence-electron chi connectivity index (χ2n) is 3.76. The lowest BCUT2D eigenvalue weighted by atomic mass is 10.2. The molecule has 10 heteroatoms. The summed E-state index contributed by atoms with van der Waals surface area (Å²) in [5.74, 6) is 4.27. The van der Waals surface area contributed by atoms with Crippen molar-refractivity contribution < 1.29 is 14.1 Å². The van der Waals surface area contributed by atoms with Crippen molar-refractivity contribution in [2.24, 2.45) is 5.84 Å². The summed E-state index contributed by atoms with van der Waals surface area (Å²) in [6, 6.07) is 2.11. The number of hydrazine groups is 1. The molecule has 8 nitrogen and oxygen atoms in total. The van der Waals surface area contributed by atoms with E-state index in [0.717, 1.165) is 17.4 Å².